The highest BCUT2D eigenvalue weighted by molar-refractivity contribution is 7.89. The van der Waals surface area contributed by atoms with Crippen LogP contribution in [-0.2, 0) is 14.8 Å². The van der Waals surface area contributed by atoms with Gasteiger partial charge in [0.1, 0.15) is 4.90 Å². The first-order chi connectivity index (χ1) is 10.8. The number of rotatable bonds is 5. The maximum absolute atomic E-state index is 12.5. The lowest BCUT2D eigenvalue weighted by molar-refractivity contribution is -0.135. The number of nitrogens with two attached hydrogens (primary N) is 1. The summed E-state index contributed by atoms with van der Waals surface area (Å²) in [6.07, 6.45) is 5.61. The lowest BCUT2D eigenvalue weighted by Crippen LogP contribution is -2.54. The average molecular weight is 413 g/mol. The highest BCUT2D eigenvalue weighted by atomic mass is 35.5. The fraction of sp³-hybridized carbons (Fsp3) is 0.600. The number of hydrogen-bond acceptors (Lipinski definition) is 5. The van der Waals surface area contributed by atoms with E-state index in [2.05, 4.69) is 4.98 Å². The van der Waals surface area contributed by atoms with E-state index >= 15 is 0 Å². The van der Waals surface area contributed by atoms with Gasteiger partial charge in [-0.1, -0.05) is 0 Å². The highest BCUT2D eigenvalue weighted by Crippen LogP contribution is 2.20. The minimum atomic E-state index is -3.72. The van der Waals surface area contributed by atoms with E-state index in [4.69, 9.17) is 5.73 Å². The summed E-state index contributed by atoms with van der Waals surface area (Å²) in [6, 6.07) is 2.87. The van der Waals surface area contributed by atoms with Gasteiger partial charge in [0.2, 0.25) is 15.9 Å². The molecule has 0 aliphatic carbocycles. The molecule has 0 spiro atoms. The number of amides is 1. The Labute approximate surface area is 161 Å². The Morgan fingerprint density at radius 3 is 2.68 bits per heavy atom. The van der Waals surface area contributed by atoms with Crippen molar-refractivity contribution in [3.63, 3.8) is 0 Å². The average Bonchev–Trinajstić information content (AvgIpc) is 2.55. The van der Waals surface area contributed by atoms with Crippen molar-refractivity contribution >= 4 is 40.7 Å². The number of sulfonamides is 1. The second-order valence-electron chi connectivity index (χ2n) is 5.96. The predicted molar refractivity (Wildman–Crippen MR) is 102 cm³/mol. The van der Waals surface area contributed by atoms with Gasteiger partial charge in [-0.2, -0.15) is 4.31 Å². The van der Waals surface area contributed by atoms with Crippen LogP contribution in [0.5, 0.6) is 0 Å². The van der Waals surface area contributed by atoms with Crippen LogP contribution in [0.4, 0.5) is 0 Å². The monoisotopic (exact) mass is 412 g/mol. The number of likely N-dealkylation sites (tertiary alicyclic amines) is 1. The minimum absolute atomic E-state index is 0. The second-order valence-corrected chi connectivity index (χ2v) is 8.00. The molecule has 1 aromatic rings. The van der Waals surface area contributed by atoms with Crippen LogP contribution in [-0.4, -0.2) is 60.7 Å². The van der Waals surface area contributed by atoms with Gasteiger partial charge in [0.15, 0.2) is 0 Å². The maximum Gasteiger partial charge on any atom is 0.244 e. The van der Waals surface area contributed by atoms with Gasteiger partial charge in [-0.3, -0.25) is 9.78 Å². The van der Waals surface area contributed by atoms with Crippen LogP contribution in [0.1, 0.15) is 26.2 Å². The SMILES string of the molecule is CC(N)C1CCCCN1C(=O)CN(C)S(=O)(=O)c1cccnc1.Cl.Cl. The Balaban J connectivity index is 0.00000288. The summed E-state index contributed by atoms with van der Waals surface area (Å²) < 4.78 is 26.0. The third kappa shape index (κ3) is 5.79. The molecule has 25 heavy (non-hydrogen) atoms. The third-order valence-corrected chi connectivity index (χ3v) is 5.96. The summed E-state index contributed by atoms with van der Waals surface area (Å²) in [7, 11) is -2.31. The number of aromatic nitrogens is 1. The number of halogens is 2. The van der Waals surface area contributed by atoms with Crippen molar-refractivity contribution in [3.05, 3.63) is 24.5 Å². The Kier molecular flexibility index (Phi) is 9.89. The number of nitrogens with zero attached hydrogens (tertiary/aromatic N) is 3. The first-order valence-corrected chi connectivity index (χ1v) is 9.19. The molecule has 7 nitrogen and oxygen atoms in total. The standard InChI is InChI=1S/C15H24N4O3S.2ClH/c1-12(16)14-7-3-4-9-19(14)15(20)11-18(2)23(21,22)13-6-5-8-17-10-13;;/h5-6,8,10,12,14H,3-4,7,9,11,16H2,1-2H3;2*1H. The molecule has 0 saturated carbocycles. The highest BCUT2D eigenvalue weighted by Gasteiger charge is 2.31. The fourth-order valence-electron chi connectivity index (χ4n) is 2.86. The van der Waals surface area contributed by atoms with E-state index < -0.39 is 10.0 Å². The summed E-state index contributed by atoms with van der Waals surface area (Å²) >= 11 is 0. The molecule has 2 heterocycles. The summed E-state index contributed by atoms with van der Waals surface area (Å²) in [6.45, 7) is 2.32. The van der Waals surface area contributed by atoms with Gasteiger partial charge in [-0.25, -0.2) is 8.42 Å². The van der Waals surface area contributed by atoms with E-state index in [-0.39, 0.29) is 54.2 Å². The third-order valence-electron chi connectivity index (χ3n) is 4.18. The molecular formula is C15H26Cl2N4O3S. The van der Waals surface area contributed by atoms with Crippen LogP contribution in [0.15, 0.2) is 29.4 Å². The number of likely N-dealkylation sites (N-methyl/N-ethyl adjacent to an activating group) is 1. The van der Waals surface area contributed by atoms with E-state index in [0.717, 1.165) is 23.6 Å². The Morgan fingerprint density at radius 2 is 2.12 bits per heavy atom. The number of pyridine rings is 1. The summed E-state index contributed by atoms with van der Waals surface area (Å²) in [5.41, 5.74) is 5.97. The van der Waals surface area contributed by atoms with Crippen molar-refractivity contribution in [1.82, 2.24) is 14.2 Å². The van der Waals surface area contributed by atoms with Crippen LogP contribution in [0.25, 0.3) is 0 Å². The van der Waals surface area contributed by atoms with Crippen LogP contribution < -0.4 is 5.73 Å². The smallest absolute Gasteiger partial charge is 0.244 e. The van der Waals surface area contributed by atoms with E-state index in [1.54, 1.807) is 11.0 Å². The molecule has 2 atom stereocenters. The molecule has 2 rings (SSSR count). The number of carbonyl (C=O) groups is 1. The largest absolute Gasteiger partial charge is 0.337 e. The van der Waals surface area contributed by atoms with Crippen molar-refractivity contribution in [2.24, 2.45) is 5.73 Å². The topological polar surface area (TPSA) is 96.6 Å². The number of hydrogen-bond donors (Lipinski definition) is 1. The number of piperidine rings is 1. The molecule has 2 N–H and O–H groups in total. The molecule has 0 aromatic carbocycles. The summed E-state index contributed by atoms with van der Waals surface area (Å²) in [5, 5.41) is 0. The second kappa shape index (κ2) is 10.3. The van der Waals surface area contributed by atoms with Crippen LogP contribution in [0.3, 0.4) is 0 Å². The van der Waals surface area contributed by atoms with Gasteiger partial charge in [0, 0.05) is 38.1 Å². The first kappa shape index (κ1) is 24.1. The van der Waals surface area contributed by atoms with E-state index in [1.165, 1.54) is 25.5 Å². The van der Waals surface area contributed by atoms with Gasteiger partial charge >= 0.3 is 0 Å². The van der Waals surface area contributed by atoms with Crippen LogP contribution in [0, 0.1) is 0 Å². The van der Waals surface area contributed by atoms with Gasteiger partial charge in [0.25, 0.3) is 0 Å². The van der Waals surface area contributed by atoms with Crippen molar-refractivity contribution in [1.29, 1.82) is 0 Å². The molecule has 1 aromatic heterocycles. The van der Waals surface area contributed by atoms with Crippen LogP contribution >= 0.6 is 24.8 Å². The van der Waals surface area contributed by atoms with Crippen molar-refractivity contribution in [2.45, 2.75) is 43.2 Å². The lowest BCUT2D eigenvalue weighted by Gasteiger charge is -2.38. The Hall–Kier alpha value is -0.930. The molecule has 2 unspecified atom stereocenters. The first-order valence-electron chi connectivity index (χ1n) is 7.75. The van der Waals surface area contributed by atoms with E-state index in [0.29, 0.717) is 6.54 Å². The molecule has 10 heteroatoms. The van der Waals surface area contributed by atoms with Crippen molar-refractivity contribution in [3.8, 4) is 0 Å². The predicted octanol–water partition coefficient (Wildman–Crippen LogP) is 1.27. The van der Waals surface area contributed by atoms with E-state index in [1.807, 2.05) is 6.92 Å². The Morgan fingerprint density at radius 1 is 1.44 bits per heavy atom. The Bertz CT molecular complexity index is 643. The zero-order valence-corrected chi connectivity index (χ0v) is 16.8. The molecule has 1 aliphatic rings. The van der Waals surface area contributed by atoms with Crippen molar-refractivity contribution < 1.29 is 13.2 Å². The molecule has 1 fully saturated rings. The van der Waals surface area contributed by atoms with Gasteiger partial charge in [-0.15, -0.1) is 24.8 Å². The zero-order chi connectivity index (χ0) is 17.0. The zero-order valence-electron chi connectivity index (χ0n) is 14.4. The summed E-state index contributed by atoms with van der Waals surface area (Å²) in [5.74, 6) is -0.207. The minimum Gasteiger partial charge on any atom is -0.337 e. The normalized spacial score (nSPS) is 18.9. The molecule has 1 aliphatic heterocycles. The van der Waals surface area contributed by atoms with E-state index in [9.17, 15) is 13.2 Å². The van der Waals surface area contributed by atoms with Crippen molar-refractivity contribution in [2.75, 3.05) is 20.1 Å². The quantitative estimate of drug-likeness (QED) is 0.784. The molecule has 144 valence electrons. The number of carbonyl (C=O) groups excluding carboxylic acids is 1. The molecule has 1 saturated heterocycles. The molecule has 0 radical (unpaired) electrons. The molecule has 1 amide bonds. The fourth-order valence-corrected chi connectivity index (χ4v) is 3.94. The van der Waals surface area contributed by atoms with Gasteiger partial charge in [0.05, 0.1) is 6.54 Å². The lowest BCUT2D eigenvalue weighted by atomic mass is 9.97. The summed E-state index contributed by atoms with van der Waals surface area (Å²) in [4.78, 5) is 18.2. The van der Waals surface area contributed by atoms with Gasteiger partial charge < -0.3 is 10.6 Å². The molecule has 0 bridgehead atoms. The van der Waals surface area contributed by atoms with Crippen LogP contribution in [0.2, 0.25) is 0 Å². The maximum atomic E-state index is 12.5. The van der Waals surface area contributed by atoms with Gasteiger partial charge in [-0.05, 0) is 38.3 Å². The molecular weight excluding hydrogens is 387 g/mol.